The summed E-state index contributed by atoms with van der Waals surface area (Å²) in [6, 6.07) is 4.59. The molecule has 1 unspecified atom stereocenters. The lowest BCUT2D eigenvalue weighted by Crippen LogP contribution is -2.39. The number of hydrogen-bond acceptors (Lipinski definition) is 4. The predicted octanol–water partition coefficient (Wildman–Crippen LogP) is 1.87. The third-order valence-corrected chi connectivity index (χ3v) is 4.00. The molecule has 1 atom stereocenters. The van der Waals surface area contributed by atoms with Crippen LogP contribution in [0.1, 0.15) is 6.42 Å². The number of anilines is 1. The second-order valence-electron chi connectivity index (χ2n) is 4.33. The van der Waals surface area contributed by atoms with Gasteiger partial charge in [-0.1, -0.05) is 0 Å². The molecule has 1 aromatic rings. The lowest BCUT2D eigenvalue weighted by atomic mass is 10.2. The number of amides is 1. The molecule has 0 spiro atoms. The minimum absolute atomic E-state index is 0.107. The van der Waals surface area contributed by atoms with E-state index in [2.05, 4.69) is 10.6 Å². The highest BCUT2D eigenvalue weighted by atomic mass is 32.2. The molecule has 1 aromatic carbocycles. The Kier molecular flexibility index (Phi) is 5.04. The molecule has 2 N–H and O–H groups in total. The minimum atomic E-state index is -0.480. The summed E-state index contributed by atoms with van der Waals surface area (Å²) in [5, 5.41) is 5.99. The largest absolute Gasteiger partial charge is 0.494 e. The molecule has 104 valence electrons. The van der Waals surface area contributed by atoms with E-state index in [-0.39, 0.29) is 17.7 Å². The van der Waals surface area contributed by atoms with Crippen molar-refractivity contribution < 1.29 is 13.9 Å². The summed E-state index contributed by atoms with van der Waals surface area (Å²) < 4.78 is 18.3. The molecule has 0 aliphatic carbocycles. The zero-order valence-corrected chi connectivity index (χ0v) is 11.6. The number of halogens is 1. The Morgan fingerprint density at radius 3 is 3.11 bits per heavy atom. The van der Waals surface area contributed by atoms with Crippen LogP contribution < -0.4 is 15.4 Å². The zero-order chi connectivity index (χ0) is 13.7. The van der Waals surface area contributed by atoms with E-state index in [1.807, 2.05) is 11.8 Å². The Balaban J connectivity index is 1.89. The average molecular weight is 284 g/mol. The van der Waals surface area contributed by atoms with Gasteiger partial charge in [-0.25, -0.2) is 4.39 Å². The van der Waals surface area contributed by atoms with Crippen molar-refractivity contribution in [2.24, 2.45) is 0 Å². The molecule has 1 saturated heterocycles. The van der Waals surface area contributed by atoms with Gasteiger partial charge < -0.3 is 15.4 Å². The van der Waals surface area contributed by atoms with Crippen molar-refractivity contribution in [2.75, 3.05) is 30.5 Å². The molecular weight excluding hydrogens is 267 g/mol. The highest BCUT2D eigenvalue weighted by molar-refractivity contribution is 7.99. The van der Waals surface area contributed by atoms with E-state index < -0.39 is 5.82 Å². The fourth-order valence-corrected chi connectivity index (χ4v) is 2.88. The van der Waals surface area contributed by atoms with Crippen LogP contribution in [-0.2, 0) is 4.79 Å². The van der Waals surface area contributed by atoms with Gasteiger partial charge in [0, 0.05) is 42.3 Å². The van der Waals surface area contributed by atoms with Crippen molar-refractivity contribution in [2.45, 2.75) is 12.5 Å². The smallest absolute Gasteiger partial charge is 0.225 e. The quantitative estimate of drug-likeness (QED) is 0.886. The summed E-state index contributed by atoms with van der Waals surface area (Å²) in [5.74, 6) is 1.60. The highest BCUT2D eigenvalue weighted by Gasteiger charge is 2.17. The van der Waals surface area contributed by atoms with Crippen molar-refractivity contribution in [3.63, 3.8) is 0 Å². The fourth-order valence-electron chi connectivity index (χ4n) is 1.93. The van der Waals surface area contributed by atoms with Crippen LogP contribution in [0.4, 0.5) is 10.1 Å². The van der Waals surface area contributed by atoms with Crippen LogP contribution in [0.3, 0.4) is 0 Å². The third-order valence-electron chi connectivity index (χ3n) is 2.87. The van der Waals surface area contributed by atoms with Gasteiger partial charge in [0.25, 0.3) is 0 Å². The van der Waals surface area contributed by atoms with Gasteiger partial charge in [0.15, 0.2) is 11.6 Å². The Bertz CT molecular complexity index is 450. The number of ether oxygens (including phenoxy) is 1. The summed E-state index contributed by atoms with van der Waals surface area (Å²) in [7, 11) is 1.41. The molecule has 0 radical (unpaired) electrons. The number of nitrogens with one attached hydrogen (secondary N) is 2. The normalized spacial score (nSPS) is 18.9. The standard InChI is InChI=1S/C13H17FN2O2S/c1-18-12-3-2-9(6-11(12)14)16-13(17)7-10-8-19-5-4-15-10/h2-3,6,10,15H,4-5,7-8H2,1H3,(H,16,17). The lowest BCUT2D eigenvalue weighted by Gasteiger charge is -2.22. The van der Waals surface area contributed by atoms with E-state index in [0.29, 0.717) is 12.1 Å². The van der Waals surface area contributed by atoms with E-state index >= 15 is 0 Å². The SMILES string of the molecule is COc1ccc(NC(=O)CC2CSCCN2)cc1F. The van der Waals surface area contributed by atoms with Gasteiger partial charge in [0.2, 0.25) is 5.91 Å². The van der Waals surface area contributed by atoms with Crippen molar-refractivity contribution in [3.05, 3.63) is 24.0 Å². The Hall–Kier alpha value is -1.27. The number of rotatable bonds is 4. The molecule has 4 nitrogen and oxygen atoms in total. The summed E-state index contributed by atoms with van der Waals surface area (Å²) in [4.78, 5) is 11.8. The highest BCUT2D eigenvalue weighted by Crippen LogP contribution is 2.21. The first-order chi connectivity index (χ1) is 9.19. The van der Waals surface area contributed by atoms with Crippen LogP contribution in [-0.4, -0.2) is 37.1 Å². The maximum absolute atomic E-state index is 13.5. The Morgan fingerprint density at radius 1 is 1.63 bits per heavy atom. The Labute approximate surface area is 116 Å². The molecule has 1 aliphatic heterocycles. The van der Waals surface area contributed by atoms with Crippen LogP contribution in [0, 0.1) is 5.82 Å². The number of carbonyl (C=O) groups excluding carboxylic acids is 1. The first-order valence-corrected chi connectivity index (χ1v) is 7.29. The molecule has 1 amide bonds. The van der Waals surface area contributed by atoms with Crippen LogP contribution >= 0.6 is 11.8 Å². The van der Waals surface area contributed by atoms with E-state index in [0.717, 1.165) is 18.1 Å². The minimum Gasteiger partial charge on any atom is -0.494 e. The molecule has 0 aromatic heterocycles. The van der Waals surface area contributed by atoms with Crippen LogP contribution in [0.5, 0.6) is 5.75 Å². The molecule has 2 rings (SSSR count). The molecule has 19 heavy (non-hydrogen) atoms. The topological polar surface area (TPSA) is 50.4 Å². The second-order valence-corrected chi connectivity index (χ2v) is 5.48. The van der Waals surface area contributed by atoms with Gasteiger partial charge in [-0.15, -0.1) is 0 Å². The number of carbonyl (C=O) groups is 1. The number of hydrogen-bond donors (Lipinski definition) is 2. The monoisotopic (exact) mass is 284 g/mol. The van der Waals surface area contributed by atoms with Gasteiger partial charge in [0.05, 0.1) is 7.11 Å². The molecular formula is C13H17FN2O2S. The Morgan fingerprint density at radius 2 is 2.47 bits per heavy atom. The molecule has 1 heterocycles. The first kappa shape index (κ1) is 14.1. The molecule has 0 bridgehead atoms. The molecule has 6 heteroatoms. The lowest BCUT2D eigenvalue weighted by molar-refractivity contribution is -0.116. The van der Waals surface area contributed by atoms with Crippen molar-refractivity contribution in [3.8, 4) is 5.75 Å². The number of thioether (sulfide) groups is 1. The van der Waals surface area contributed by atoms with Gasteiger partial charge in [-0.3, -0.25) is 4.79 Å². The maximum atomic E-state index is 13.5. The average Bonchev–Trinajstić information content (AvgIpc) is 2.40. The van der Waals surface area contributed by atoms with Crippen molar-refractivity contribution in [1.29, 1.82) is 0 Å². The van der Waals surface area contributed by atoms with Crippen molar-refractivity contribution in [1.82, 2.24) is 5.32 Å². The molecule has 1 fully saturated rings. The summed E-state index contributed by atoms with van der Waals surface area (Å²) in [6.07, 6.45) is 0.403. The maximum Gasteiger partial charge on any atom is 0.225 e. The van der Waals surface area contributed by atoms with E-state index in [1.165, 1.54) is 19.2 Å². The summed E-state index contributed by atoms with van der Waals surface area (Å²) in [6.45, 7) is 0.930. The first-order valence-electron chi connectivity index (χ1n) is 6.13. The van der Waals surface area contributed by atoms with E-state index in [9.17, 15) is 9.18 Å². The van der Waals surface area contributed by atoms with Gasteiger partial charge in [-0.05, 0) is 12.1 Å². The van der Waals surface area contributed by atoms with Crippen LogP contribution in [0.15, 0.2) is 18.2 Å². The van der Waals surface area contributed by atoms with Crippen LogP contribution in [0.2, 0.25) is 0 Å². The molecule has 0 saturated carbocycles. The number of benzene rings is 1. The van der Waals surface area contributed by atoms with E-state index in [4.69, 9.17) is 4.74 Å². The molecule has 1 aliphatic rings. The van der Waals surface area contributed by atoms with Gasteiger partial charge in [0.1, 0.15) is 0 Å². The number of methoxy groups -OCH3 is 1. The van der Waals surface area contributed by atoms with Crippen LogP contribution in [0.25, 0.3) is 0 Å². The van der Waals surface area contributed by atoms with Gasteiger partial charge in [-0.2, -0.15) is 11.8 Å². The zero-order valence-electron chi connectivity index (χ0n) is 10.7. The van der Waals surface area contributed by atoms with E-state index in [1.54, 1.807) is 6.07 Å². The predicted molar refractivity (Wildman–Crippen MR) is 75.3 cm³/mol. The second kappa shape index (κ2) is 6.77. The third kappa shape index (κ3) is 4.11. The van der Waals surface area contributed by atoms with Gasteiger partial charge >= 0.3 is 0 Å². The van der Waals surface area contributed by atoms with Crippen molar-refractivity contribution >= 4 is 23.4 Å². The fraction of sp³-hybridized carbons (Fsp3) is 0.462. The summed E-state index contributed by atoms with van der Waals surface area (Å²) >= 11 is 1.84. The summed E-state index contributed by atoms with van der Waals surface area (Å²) in [5.41, 5.74) is 0.451.